The van der Waals surface area contributed by atoms with Crippen LogP contribution in [0.15, 0.2) is 30.3 Å². The van der Waals surface area contributed by atoms with E-state index >= 15 is 0 Å². The molecular weight excluding hydrogens is 184 g/mol. The first-order valence-corrected chi connectivity index (χ1v) is 7.51. The van der Waals surface area contributed by atoms with E-state index in [0.29, 0.717) is 0 Å². The predicted octanol–water partition coefficient (Wildman–Crippen LogP) is 3.24. The molecule has 0 aromatic heterocycles. The molecule has 0 nitrogen and oxygen atoms in total. The van der Waals surface area contributed by atoms with E-state index in [4.69, 9.17) is 0 Å². The highest BCUT2D eigenvalue weighted by Gasteiger charge is 2.03. The monoisotopic (exact) mass is 205 g/mol. The second kappa shape index (κ2) is 6.83. The van der Waals surface area contributed by atoms with Gasteiger partial charge in [0.1, 0.15) is 0 Å². The first-order chi connectivity index (χ1) is 6.83. The van der Waals surface area contributed by atoms with Gasteiger partial charge in [0.05, 0.1) is 0 Å². The molecule has 0 aliphatic heterocycles. The Morgan fingerprint density at radius 2 is 2.00 bits per heavy atom. The Hall–Kier alpha value is -0.563. The van der Waals surface area contributed by atoms with Crippen LogP contribution >= 0.6 is 0 Å². The van der Waals surface area contributed by atoms with E-state index in [2.05, 4.69) is 44.2 Å². The average molecular weight is 205 g/mol. The summed E-state index contributed by atoms with van der Waals surface area (Å²) >= 11 is 0. The third kappa shape index (κ3) is 4.61. The van der Waals surface area contributed by atoms with Crippen molar-refractivity contribution in [1.82, 2.24) is 0 Å². The van der Waals surface area contributed by atoms with Gasteiger partial charge in [0.15, 0.2) is 0 Å². The quantitative estimate of drug-likeness (QED) is 0.494. The summed E-state index contributed by atoms with van der Waals surface area (Å²) in [6.45, 7) is 6.53. The molecule has 1 aromatic rings. The van der Waals surface area contributed by atoms with Crippen LogP contribution in [0.5, 0.6) is 0 Å². The lowest BCUT2D eigenvalue weighted by atomic mass is 10.1. The highest BCUT2D eigenvalue weighted by Crippen LogP contribution is 2.13. The summed E-state index contributed by atoms with van der Waals surface area (Å²) < 4.78 is 0. The van der Waals surface area contributed by atoms with Crippen molar-refractivity contribution < 1.29 is 0 Å². The molecule has 0 saturated carbocycles. The fraction of sp³-hybridized carbons (Fsp3) is 0.462. The Morgan fingerprint density at radius 1 is 1.29 bits per heavy atom. The molecule has 0 bridgehead atoms. The number of benzene rings is 1. The Bertz CT molecular complexity index is 230. The van der Waals surface area contributed by atoms with E-state index in [0.717, 1.165) is 5.54 Å². The van der Waals surface area contributed by atoms with Crippen molar-refractivity contribution in [1.29, 1.82) is 0 Å². The molecule has 1 rings (SSSR count). The zero-order valence-corrected chi connectivity index (χ0v) is 10.6. The Kier molecular flexibility index (Phi) is 5.61. The van der Waals surface area contributed by atoms with Crippen molar-refractivity contribution >= 4 is 9.52 Å². The minimum Gasteiger partial charge on any atom is -0.0654 e. The van der Waals surface area contributed by atoms with Gasteiger partial charge in [-0.15, -0.1) is 0 Å². The SMILES string of the molecule is [CH2]C(Cc1ccccc1)[SiH2]CCCC. The third-order valence-electron chi connectivity index (χ3n) is 2.58. The lowest BCUT2D eigenvalue weighted by molar-refractivity contribution is 0.864. The molecule has 0 spiro atoms. The van der Waals surface area contributed by atoms with Crippen LogP contribution in [0.2, 0.25) is 11.6 Å². The Morgan fingerprint density at radius 3 is 2.64 bits per heavy atom. The minimum absolute atomic E-state index is 0.0698. The van der Waals surface area contributed by atoms with Crippen LogP contribution < -0.4 is 0 Å². The second-order valence-corrected chi connectivity index (χ2v) is 6.49. The third-order valence-corrected chi connectivity index (χ3v) is 4.60. The molecule has 1 atom stereocenters. The molecule has 0 aliphatic carbocycles. The van der Waals surface area contributed by atoms with Crippen molar-refractivity contribution in [2.75, 3.05) is 0 Å². The smallest absolute Gasteiger partial charge is 0.0236 e. The van der Waals surface area contributed by atoms with E-state index in [9.17, 15) is 0 Å². The average Bonchev–Trinajstić information content (AvgIpc) is 2.20. The zero-order valence-electron chi connectivity index (χ0n) is 9.21. The largest absolute Gasteiger partial charge is 0.0654 e. The van der Waals surface area contributed by atoms with Gasteiger partial charge in [-0.2, -0.15) is 0 Å². The predicted molar refractivity (Wildman–Crippen MR) is 67.5 cm³/mol. The van der Waals surface area contributed by atoms with Gasteiger partial charge in [-0.3, -0.25) is 0 Å². The summed E-state index contributed by atoms with van der Waals surface area (Å²) in [5.74, 6) is 0. The maximum atomic E-state index is 4.27. The molecule has 1 aromatic carbocycles. The summed E-state index contributed by atoms with van der Waals surface area (Å²) in [6.07, 6.45) is 3.94. The van der Waals surface area contributed by atoms with Crippen LogP contribution in [0.4, 0.5) is 0 Å². The maximum absolute atomic E-state index is 4.27. The molecule has 77 valence electrons. The highest BCUT2D eigenvalue weighted by atomic mass is 28.2. The standard InChI is InChI=1S/C13H21Si/c1-3-4-10-14-12(2)11-13-8-6-5-7-9-13/h5-9,12H,2-4,10-11,14H2,1H3. The molecule has 1 radical (unpaired) electrons. The van der Waals surface area contributed by atoms with Gasteiger partial charge < -0.3 is 0 Å². The molecular formula is C13H21Si. The zero-order chi connectivity index (χ0) is 10.2. The fourth-order valence-corrected chi connectivity index (χ4v) is 3.64. The molecule has 0 amide bonds. The van der Waals surface area contributed by atoms with E-state index in [1.54, 1.807) is 0 Å². The fourth-order valence-electron chi connectivity index (χ4n) is 1.73. The van der Waals surface area contributed by atoms with Crippen molar-refractivity contribution in [3.8, 4) is 0 Å². The van der Waals surface area contributed by atoms with Gasteiger partial charge in [-0.25, -0.2) is 0 Å². The summed E-state index contributed by atoms with van der Waals surface area (Å²) in [5.41, 5.74) is 2.18. The van der Waals surface area contributed by atoms with Crippen LogP contribution in [-0.2, 0) is 6.42 Å². The number of rotatable bonds is 6. The van der Waals surface area contributed by atoms with Crippen molar-refractivity contribution in [3.63, 3.8) is 0 Å². The van der Waals surface area contributed by atoms with Crippen LogP contribution in [0.1, 0.15) is 25.3 Å². The van der Waals surface area contributed by atoms with E-state index in [1.807, 2.05) is 0 Å². The van der Waals surface area contributed by atoms with Gasteiger partial charge in [0.25, 0.3) is 0 Å². The van der Waals surface area contributed by atoms with E-state index in [-0.39, 0.29) is 9.52 Å². The summed E-state index contributed by atoms with van der Waals surface area (Å²) in [6, 6.07) is 12.2. The highest BCUT2D eigenvalue weighted by molar-refractivity contribution is 6.37. The van der Waals surface area contributed by atoms with Gasteiger partial charge >= 0.3 is 0 Å². The number of hydrogen-bond donors (Lipinski definition) is 0. The van der Waals surface area contributed by atoms with Gasteiger partial charge in [0.2, 0.25) is 0 Å². The minimum atomic E-state index is 0.0698. The molecule has 1 unspecified atom stereocenters. The molecule has 0 saturated heterocycles. The second-order valence-electron chi connectivity index (χ2n) is 4.05. The lowest BCUT2D eigenvalue weighted by Gasteiger charge is -2.09. The van der Waals surface area contributed by atoms with Crippen molar-refractivity contribution in [2.45, 2.75) is 37.8 Å². The van der Waals surface area contributed by atoms with Crippen molar-refractivity contribution in [2.24, 2.45) is 0 Å². The van der Waals surface area contributed by atoms with Crippen LogP contribution in [0, 0.1) is 6.92 Å². The number of unbranched alkanes of at least 4 members (excludes halogenated alkanes) is 1. The Labute approximate surface area is 90.6 Å². The molecule has 0 heterocycles. The molecule has 0 aliphatic rings. The van der Waals surface area contributed by atoms with Crippen molar-refractivity contribution in [3.05, 3.63) is 42.8 Å². The summed E-state index contributed by atoms with van der Waals surface area (Å²) in [7, 11) is 0.0698. The molecule has 1 heteroatoms. The normalized spacial score (nSPS) is 13.6. The van der Waals surface area contributed by atoms with Gasteiger partial charge in [-0.05, 0) is 17.5 Å². The maximum Gasteiger partial charge on any atom is 0.0236 e. The first kappa shape index (κ1) is 11.5. The Balaban J connectivity index is 2.23. The first-order valence-electron chi connectivity index (χ1n) is 5.70. The van der Waals surface area contributed by atoms with E-state index in [1.165, 1.54) is 30.9 Å². The molecule has 0 fully saturated rings. The molecule has 0 N–H and O–H groups in total. The van der Waals surface area contributed by atoms with Crippen LogP contribution in [0.3, 0.4) is 0 Å². The van der Waals surface area contributed by atoms with E-state index < -0.39 is 0 Å². The van der Waals surface area contributed by atoms with Gasteiger partial charge in [0, 0.05) is 9.52 Å². The lowest BCUT2D eigenvalue weighted by Crippen LogP contribution is -2.03. The number of hydrogen-bond acceptors (Lipinski definition) is 0. The summed E-state index contributed by atoms with van der Waals surface area (Å²) in [5, 5.41) is 0. The summed E-state index contributed by atoms with van der Waals surface area (Å²) in [4.78, 5) is 0. The molecule has 14 heavy (non-hydrogen) atoms. The topological polar surface area (TPSA) is 0 Å². The van der Waals surface area contributed by atoms with Crippen LogP contribution in [-0.4, -0.2) is 9.52 Å². The van der Waals surface area contributed by atoms with Gasteiger partial charge in [-0.1, -0.05) is 63.1 Å². The van der Waals surface area contributed by atoms with Crippen LogP contribution in [0.25, 0.3) is 0 Å².